The Kier molecular flexibility index (Phi) is 4.27. The summed E-state index contributed by atoms with van der Waals surface area (Å²) in [4.78, 5) is 7.83. The van der Waals surface area contributed by atoms with Gasteiger partial charge in [0.15, 0.2) is 0 Å². The number of nitrogen functional groups attached to an aromatic ring is 1. The van der Waals surface area contributed by atoms with Crippen LogP contribution in [-0.2, 0) is 16.6 Å². The van der Waals surface area contributed by atoms with E-state index in [0.717, 1.165) is 5.56 Å². The molecule has 1 aromatic heterocycles. The number of halogens is 1. The van der Waals surface area contributed by atoms with E-state index in [2.05, 4.69) is 15.3 Å². The second kappa shape index (κ2) is 6.21. The lowest BCUT2D eigenvalue weighted by Gasteiger charge is -2.17. The Morgan fingerprint density at radius 3 is 2.83 bits per heavy atom. The van der Waals surface area contributed by atoms with Gasteiger partial charge in [0.25, 0.3) is 0 Å². The van der Waals surface area contributed by atoms with Crippen LogP contribution in [0.2, 0.25) is 5.15 Å². The SMILES string of the molecule is Nc1nc(Cl)cc(NCc2cccc(N3CCCS3(=O)=O)c2)n1. The molecule has 1 aliphatic heterocycles. The van der Waals surface area contributed by atoms with Crippen molar-refractivity contribution in [2.75, 3.05) is 27.7 Å². The smallest absolute Gasteiger partial charge is 0.235 e. The van der Waals surface area contributed by atoms with Crippen LogP contribution in [0.1, 0.15) is 12.0 Å². The zero-order valence-corrected chi connectivity index (χ0v) is 13.8. The Bertz CT molecular complexity index is 807. The summed E-state index contributed by atoms with van der Waals surface area (Å²) in [6.07, 6.45) is 0.656. The lowest BCUT2D eigenvalue weighted by Crippen LogP contribution is -2.25. The van der Waals surface area contributed by atoms with E-state index in [4.69, 9.17) is 17.3 Å². The molecule has 3 N–H and O–H groups in total. The van der Waals surface area contributed by atoms with Crippen LogP contribution >= 0.6 is 11.6 Å². The molecule has 1 aromatic carbocycles. The summed E-state index contributed by atoms with van der Waals surface area (Å²) < 4.78 is 25.4. The number of anilines is 3. The predicted molar refractivity (Wildman–Crippen MR) is 91.0 cm³/mol. The molecule has 0 unspecified atom stereocenters. The van der Waals surface area contributed by atoms with Gasteiger partial charge in [-0.15, -0.1) is 0 Å². The van der Waals surface area contributed by atoms with Gasteiger partial charge < -0.3 is 11.1 Å². The van der Waals surface area contributed by atoms with Crippen LogP contribution in [0, 0.1) is 0 Å². The van der Waals surface area contributed by atoms with Gasteiger partial charge in [-0.05, 0) is 24.1 Å². The molecular weight excluding hydrogens is 338 g/mol. The van der Waals surface area contributed by atoms with Crippen molar-refractivity contribution in [2.45, 2.75) is 13.0 Å². The Balaban J connectivity index is 1.75. The third-order valence-corrected chi connectivity index (χ3v) is 5.55. The van der Waals surface area contributed by atoms with Gasteiger partial charge in [0, 0.05) is 19.2 Å². The number of hydrogen-bond acceptors (Lipinski definition) is 6. The van der Waals surface area contributed by atoms with Crippen LogP contribution < -0.4 is 15.4 Å². The Morgan fingerprint density at radius 1 is 1.30 bits per heavy atom. The lowest BCUT2D eigenvalue weighted by molar-refractivity contribution is 0.599. The maximum Gasteiger partial charge on any atom is 0.235 e. The summed E-state index contributed by atoms with van der Waals surface area (Å²) in [7, 11) is -3.18. The highest BCUT2D eigenvalue weighted by Gasteiger charge is 2.28. The third kappa shape index (κ3) is 3.65. The molecule has 9 heteroatoms. The van der Waals surface area contributed by atoms with Crippen molar-refractivity contribution in [2.24, 2.45) is 0 Å². The van der Waals surface area contributed by atoms with Gasteiger partial charge >= 0.3 is 0 Å². The molecule has 3 rings (SSSR count). The molecule has 0 amide bonds. The number of rotatable bonds is 4. The molecule has 1 fully saturated rings. The van der Waals surface area contributed by atoms with Gasteiger partial charge in [-0.2, -0.15) is 4.98 Å². The van der Waals surface area contributed by atoms with Gasteiger partial charge in [-0.25, -0.2) is 13.4 Å². The van der Waals surface area contributed by atoms with E-state index in [-0.39, 0.29) is 16.9 Å². The van der Waals surface area contributed by atoms with Crippen molar-refractivity contribution in [1.82, 2.24) is 9.97 Å². The Hall–Kier alpha value is -2.06. The third-order valence-electron chi connectivity index (χ3n) is 3.48. The number of hydrogen-bond donors (Lipinski definition) is 2. The van der Waals surface area contributed by atoms with E-state index in [9.17, 15) is 8.42 Å². The molecule has 7 nitrogen and oxygen atoms in total. The van der Waals surface area contributed by atoms with Crippen LogP contribution in [-0.4, -0.2) is 30.7 Å². The molecule has 23 heavy (non-hydrogen) atoms. The molecule has 0 radical (unpaired) electrons. The van der Waals surface area contributed by atoms with Gasteiger partial charge in [-0.3, -0.25) is 4.31 Å². The number of benzene rings is 1. The number of nitrogens with zero attached hydrogens (tertiary/aromatic N) is 3. The maximum atomic E-state index is 12.0. The molecule has 0 atom stereocenters. The number of nitrogens with one attached hydrogen (secondary N) is 1. The second-order valence-corrected chi connectivity index (χ2v) is 7.60. The average Bonchev–Trinajstić information content (AvgIpc) is 2.84. The topological polar surface area (TPSA) is 101 Å². The van der Waals surface area contributed by atoms with E-state index >= 15 is 0 Å². The molecular formula is C14H16ClN5O2S. The van der Waals surface area contributed by atoms with Crippen molar-refractivity contribution in [3.8, 4) is 0 Å². The van der Waals surface area contributed by atoms with Gasteiger partial charge in [-0.1, -0.05) is 23.7 Å². The summed E-state index contributed by atoms with van der Waals surface area (Å²) in [5.41, 5.74) is 7.16. The molecule has 2 heterocycles. The molecule has 0 saturated carbocycles. The van der Waals surface area contributed by atoms with Crippen LogP contribution in [0.3, 0.4) is 0 Å². The molecule has 1 saturated heterocycles. The average molecular weight is 354 g/mol. The predicted octanol–water partition coefficient (Wildman–Crippen LogP) is 1.86. The maximum absolute atomic E-state index is 12.0. The quantitative estimate of drug-likeness (QED) is 0.813. The zero-order chi connectivity index (χ0) is 16.4. The van der Waals surface area contributed by atoms with Gasteiger partial charge in [0.1, 0.15) is 11.0 Å². The van der Waals surface area contributed by atoms with E-state index in [1.165, 1.54) is 4.31 Å². The molecule has 1 aliphatic rings. The molecule has 122 valence electrons. The first-order chi connectivity index (χ1) is 10.9. The largest absolute Gasteiger partial charge is 0.368 e. The van der Waals surface area contributed by atoms with Crippen molar-refractivity contribution < 1.29 is 8.42 Å². The number of aromatic nitrogens is 2. The number of nitrogens with two attached hydrogens (primary N) is 1. The summed E-state index contributed by atoms with van der Waals surface area (Å²) in [6, 6.07) is 8.97. The van der Waals surface area contributed by atoms with E-state index in [0.29, 0.717) is 31.0 Å². The van der Waals surface area contributed by atoms with Crippen LogP contribution in [0.15, 0.2) is 30.3 Å². The summed E-state index contributed by atoms with van der Waals surface area (Å²) in [5, 5.41) is 3.36. The van der Waals surface area contributed by atoms with Crippen LogP contribution in [0.5, 0.6) is 0 Å². The second-order valence-electron chi connectivity index (χ2n) is 5.20. The minimum Gasteiger partial charge on any atom is -0.368 e. The minimum atomic E-state index is -3.18. The van der Waals surface area contributed by atoms with E-state index in [1.807, 2.05) is 18.2 Å². The van der Waals surface area contributed by atoms with Crippen molar-refractivity contribution in [3.05, 3.63) is 41.0 Å². The fourth-order valence-electron chi connectivity index (χ4n) is 2.47. The highest BCUT2D eigenvalue weighted by atomic mass is 35.5. The van der Waals surface area contributed by atoms with Crippen molar-refractivity contribution in [1.29, 1.82) is 0 Å². The molecule has 2 aromatic rings. The highest BCUT2D eigenvalue weighted by molar-refractivity contribution is 7.93. The van der Waals surface area contributed by atoms with Gasteiger partial charge in [0.2, 0.25) is 16.0 Å². The monoisotopic (exact) mass is 353 g/mol. The van der Waals surface area contributed by atoms with Crippen LogP contribution in [0.4, 0.5) is 17.5 Å². The number of sulfonamides is 1. The fourth-order valence-corrected chi connectivity index (χ4v) is 4.22. The fraction of sp³-hybridized carbons (Fsp3) is 0.286. The zero-order valence-electron chi connectivity index (χ0n) is 12.2. The van der Waals surface area contributed by atoms with Crippen molar-refractivity contribution >= 4 is 39.1 Å². The minimum absolute atomic E-state index is 0.0944. The Labute approximate surface area is 139 Å². The van der Waals surface area contributed by atoms with Gasteiger partial charge in [0.05, 0.1) is 11.4 Å². The summed E-state index contributed by atoms with van der Waals surface area (Å²) >= 11 is 5.83. The first kappa shape index (κ1) is 15.8. The highest BCUT2D eigenvalue weighted by Crippen LogP contribution is 2.25. The first-order valence-electron chi connectivity index (χ1n) is 7.07. The van der Waals surface area contributed by atoms with Crippen LogP contribution in [0.25, 0.3) is 0 Å². The van der Waals surface area contributed by atoms with E-state index in [1.54, 1.807) is 12.1 Å². The van der Waals surface area contributed by atoms with Crippen molar-refractivity contribution in [3.63, 3.8) is 0 Å². The summed E-state index contributed by atoms with van der Waals surface area (Å²) in [6.45, 7) is 0.992. The molecule has 0 bridgehead atoms. The molecule has 0 aliphatic carbocycles. The molecule has 0 spiro atoms. The standard InChI is InChI=1S/C14H16ClN5O2S/c15-12-8-13(19-14(16)18-12)17-9-10-3-1-4-11(7-10)20-5-2-6-23(20,21)22/h1,3-4,7-8H,2,5-6,9H2,(H3,16,17,18,19). The first-order valence-corrected chi connectivity index (χ1v) is 9.06. The lowest BCUT2D eigenvalue weighted by atomic mass is 10.2. The Morgan fingerprint density at radius 2 is 2.13 bits per heavy atom. The summed E-state index contributed by atoms with van der Waals surface area (Å²) in [5.74, 6) is 0.812. The normalized spacial score (nSPS) is 16.5. The van der Waals surface area contributed by atoms with E-state index < -0.39 is 10.0 Å².